The Bertz CT molecular complexity index is 577. The lowest BCUT2D eigenvalue weighted by molar-refractivity contribution is -0.131. The number of rotatable bonds is 4. The van der Waals surface area contributed by atoms with Crippen molar-refractivity contribution in [3.05, 3.63) is 71.9 Å². The number of carbonyl (C=O) groups is 1. The monoisotopic (exact) mass is 254 g/mol. The molecule has 1 aliphatic rings. The van der Waals surface area contributed by atoms with Crippen LogP contribution in [-0.4, -0.2) is 17.7 Å². The van der Waals surface area contributed by atoms with E-state index in [1.807, 2.05) is 36.4 Å². The number of allylic oxidation sites excluding steroid dienone is 4. The number of fused-ring (bicyclic) bond motifs is 1. The fraction of sp³-hybridized carbons (Fsp3) is 0.0625. The quantitative estimate of drug-likeness (QED) is 0.663. The van der Waals surface area contributed by atoms with Crippen molar-refractivity contribution in [2.24, 2.45) is 0 Å². The summed E-state index contributed by atoms with van der Waals surface area (Å²) in [6, 6.07) is 7.88. The third-order valence-electron chi connectivity index (χ3n) is 2.54. The van der Waals surface area contributed by atoms with Crippen LogP contribution in [0.2, 0.25) is 0 Å². The molecule has 2 rings (SSSR count). The summed E-state index contributed by atoms with van der Waals surface area (Å²) in [6.45, 7) is 0.548. The Balaban J connectivity index is 1.98. The molecule has 0 unspecified atom stereocenters. The number of benzene rings is 1. The van der Waals surface area contributed by atoms with E-state index in [1.165, 1.54) is 6.08 Å². The summed E-state index contributed by atoms with van der Waals surface area (Å²) in [5.74, 6) is -0.0480. The Morgan fingerprint density at radius 2 is 1.95 bits per heavy atom. The normalized spacial score (nSPS) is 14.6. The van der Waals surface area contributed by atoms with Crippen LogP contribution >= 0.6 is 0 Å². The fourth-order valence-corrected chi connectivity index (χ4v) is 1.68. The highest BCUT2D eigenvalue weighted by molar-refractivity contribution is 5.80. The maximum Gasteiger partial charge on any atom is 0.328 e. The molecule has 1 heterocycles. The van der Waals surface area contributed by atoms with Gasteiger partial charge in [-0.15, -0.1) is 0 Å². The largest absolute Gasteiger partial charge is 0.488 e. The lowest BCUT2D eigenvalue weighted by atomic mass is 10.1. The first-order valence-corrected chi connectivity index (χ1v) is 5.92. The molecule has 0 saturated carbocycles. The first kappa shape index (κ1) is 12.9. The van der Waals surface area contributed by atoms with E-state index in [0.717, 1.165) is 23.0 Å². The Labute approximate surface area is 111 Å². The maximum atomic E-state index is 10.2. The lowest BCUT2D eigenvalue weighted by Gasteiger charge is -2.15. The van der Waals surface area contributed by atoms with Gasteiger partial charge < -0.3 is 9.84 Å². The van der Waals surface area contributed by atoms with Crippen molar-refractivity contribution in [1.29, 1.82) is 0 Å². The van der Waals surface area contributed by atoms with E-state index in [4.69, 9.17) is 9.84 Å². The summed E-state index contributed by atoms with van der Waals surface area (Å²) in [4.78, 5) is 10.2. The van der Waals surface area contributed by atoms with Gasteiger partial charge in [0, 0.05) is 11.6 Å². The first-order chi connectivity index (χ1) is 9.25. The lowest BCUT2D eigenvalue weighted by Crippen LogP contribution is -2.05. The van der Waals surface area contributed by atoms with Gasteiger partial charge in [-0.25, -0.2) is 4.79 Å². The average Bonchev–Trinajstić information content (AvgIpc) is 2.42. The van der Waals surface area contributed by atoms with Crippen molar-refractivity contribution in [2.45, 2.75) is 0 Å². The Kier molecular flexibility index (Phi) is 4.34. The summed E-state index contributed by atoms with van der Waals surface area (Å²) in [5, 5.41) is 8.40. The van der Waals surface area contributed by atoms with Crippen LogP contribution < -0.4 is 4.74 Å². The van der Waals surface area contributed by atoms with Crippen LogP contribution in [0.5, 0.6) is 5.75 Å². The number of aliphatic carboxylic acids is 1. The van der Waals surface area contributed by atoms with Gasteiger partial charge in [-0.1, -0.05) is 48.6 Å². The van der Waals surface area contributed by atoms with Crippen molar-refractivity contribution >= 4 is 12.0 Å². The highest BCUT2D eigenvalue weighted by atomic mass is 16.5. The number of ether oxygens (including phenoxy) is 1. The van der Waals surface area contributed by atoms with Gasteiger partial charge in [-0.3, -0.25) is 0 Å². The van der Waals surface area contributed by atoms with E-state index in [9.17, 15) is 4.79 Å². The second-order valence-corrected chi connectivity index (χ2v) is 3.99. The van der Waals surface area contributed by atoms with Crippen LogP contribution in [0.3, 0.4) is 0 Å². The third-order valence-corrected chi connectivity index (χ3v) is 2.54. The smallest absolute Gasteiger partial charge is 0.328 e. The summed E-state index contributed by atoms with van der Waals surface area (Å²) in [6.07, 6.45) is 11.9. The Morgan fingerprint density at radius 1 is 1.16 bits per heavy atom. The van der Waals surface area contributed by atoms with Gasteiger partial charge in [0.1, 0.15) is 12.4 Å². The van der Waals surface area contributed by atoms with Gasteiger partial charge in [0.25, 0.3) is 0 Å². The van der Waals surface area contributed by atoms with Crippen molar-refractivity contribution in [2.75, 3.05) is 6.61 Å². The molecule has 0 radical (unpaired) electrons. The number of carboxylic acids is 1. The zero-order chi connectivity index (χ0) is 13.5. The minimum atomic E-state index is -0.950. The molecule has 0 saturated heterocycles. The molecule has 0 amide bonds. The number of hydrogen-bond acceptors (Lipinski definition) is 2. The molecule has 1 aromatic rings. The van der Waals surface area contributed by atoms with Crippen LogP contribution in [0.15, 0.2) is 66.3 Å². The van der Waals surface area contributed by atoms with Gasteiger partial charge in [0.05, 0.1) is 0 Å². The van der Waals surface area contributed by atoms with Crippen LogP contribution in [0.25, 0.3) is 6.08 Å². The minimum Gasteiger partial charge on any atom is -0.488 e. The third kappa shape index (κ3) is 4.00. The fourth-order valence-electron chi connectivity index (χ4n) is 1.68. The Hall–Kier alpha value is -2.55. The minimum absolute atomic E-state index is 0.548. The highest BCUT2D eigenvalue weighted by Gasteiger charge is 2.07. The predicted molar refractivity (Wildman–Crippen MR) is 75.0 cm³/mol. The van der Waals surface area contributed by atoms with Gasteiger partial charge in [-0.2, -0.15) is 0 Å². The molecule has 0 bridgehead atoms. The maximum absolute atomic E-state index is 10.2. The summed E-state index contributed by atoms with van der Waals surface area (Å²) >= 11 is 0. The van der Waals surface area contributed by atoms with Crippen LogP contribution in [0.1, 0.15) is 5.56 Å². The first-order valence-electron chi connectivity index (χ1n) is 5.92. The highest BCUT2D eigenvalue weighted by Crippen LogP contribution is 2.25. The molecule has 1 aliphatic heterocycles. The van der Waals surface area contributed by atoms with Crippen LogP contribution in [0.4, 0.5) is 0 Å². The topological polar surface area (TPSA) is 46.5 Å². The molecule has 3 nitrogen and oxygen atoms in total. The van der Waals surface area contributed by atoms with Crippen LogP contribution in [-0.2, 0) is 4.79 Å². The molecule has 0 atom stereocenters. The van der Waals surface area contributed by atoms with Crippen molar-refractivity contribution in [1.82, 2.24) is 0 Å². The number of para-hydroxylation sites is 1. The molecule has 0 aliphatic carbocycles. The van der Waals surface area contributed by atoms with E-state index in [0.29, 0.717) is 6.61 Å². The molecular formula is C16H14O3. The standard InChI is InChI=1S/C16H14O3/c17-16(18)10-4-2-1-3-7-13-11-14-8-5-6-9-15(14)19-12-13/h1-11H,12H2,(H,17,18). The van der Waals surface area contributed by atoms with Crippen molar-refractivity contribution in [3.8, 4) is 5.75 Å². The zero-order valence-electron chi connectivity index (χ0n) is 10.3. The van der Waals surface area contributed by atoms with Gasteiger partial charge >= 0.3 is 5.97 Å². The average molecular weight is 254 g/mol. The molecule has 0 fully saturated rings. The molecule has 1 N–H and O–H groups in total. The molecule has 3 heteroatoms. The molecule has 0 aromatic heterocycles. The zero-order valence-corrected chi connectivity index (χ0v) is 10.3. The van der Waals surface area contributed by atoms with Gasteiger partial charge in [0.2, 0.25) is 0 Å². The number of carboxylic acid groups (broad SMARTS) is 1. The molecule has 96 valence electrons. The summed E-state index contributed by atoms with van der Waals surface area (Å²) in [7, 11) is 0. The second-order valence-electron chi connectivity index (χ2n) is 3.99. The van der Waals surface area contributed by atoms with Gasteiger partial charge in [-0.05, 0) is 17.7 Å². The van der Waals surface area contributed by atoms with Crippen LogP contribution in [0, 0.1) is 0 Å². The van der Waals surface area contributed by atoms with Crippen molar-refractivity contribution in [3.63, 3.8) is 0 Å². The summed E-state index contributed by atoms with van der Waals surface area (Å²) < 4.78 is 5.61. The van der Waals surface area contributed by atoms with Crippen molar-refractivity contribution < 1.29 is 14.6 Å². The Morgan fingerprint density at radius 3 is 2.79 bits per heavy atom. The predicted octanol–water partition coefficient (Wildman–Crippen LogP) is 3.22. The molecule has 1 aromatic carbocycles. The molecule has 0 spiro atoms. The number of hydrogen-bond donors (Lipinski definition) is 1. The molecule has 19 heavy (non-hydrogen) atoms. The second kappa shape index (κ2) is 6.40. The van der Waals surface area contributed by atoms with E-state index >= 15 is 0 Å². The summed E-state index contributed by atoms with van der Waals surface area (Å²) in [5.41, 5.74) is 2.15. The SMILES string of the molecule is O=C(O)C=CC=CC=CC1=Cc2ccccc2OC1. The van der Waals surface area contributed by atoms with Gasteiger partial charge in [0.15, 0.2) is 0 Å². The van der Waals surface area contributed by atoms with E-state index in [1.54, 1.807) is 12.2 Å². The van der Waals surface area contributed by atoms with E-state index in [2.05, 4.69) is 6.08 Å². The van der Waals surface area contributed by atoms with E-state index in [-0.39, 0.29) is 0 Å². The van der Waals surface area contributed by atoms with E-state index < -0.39 is 5.97 Å². The molecular weight excluding hydrogens is 240 g/mol.